The minimum Gasteiger partial charge on any atom is -0.454 e. The first-order valence-corrected chi connectivity index (χ1v) is 10.2. The first kappa shape index (κ1) is 21.6. The smallest absolute Gasteiger partial charge is 0.336 e. The van der Waals surface area contributed by atoms with Gasteiger partial charge in [-0.1, -0.05) is 12.1 Å². The van der Waals surface area contributed by atoms with Crippen molar-refractivity contribution in [3.63, 3.8) is 0 Å². The summed E-state index contributed by atoms with van der Waals surface area (Å²) in [5, 5.41) is 1.91. The third-order valence-corrected chi connectivity index (χ3v) is 6.02. The summed E-state index contributed by atoms with van der Waals surface area (Å²) < 4.78 is 17.3. The molecule has 0 aliphatic carbocycles. The molecule has 4 heterocycles. The molecule has 0 amide bonds. The molecule has 6 nitrogen and oxygen atoms in total. The standard InChI is InChI=1S/C24H24N2O4.ClH/c1-14-4-5-18-20(11-22(27)30-23(18)15(14)2)21-10-19-17(12-25-16(3)24(19)29-21)13-26-6-8-28-9-7-26;/h4-5,10-12H,6-9,13H2,1-3H3;1H. The van der Waals surface area contributed by atoms with Crippen LogP contribution in [0, 0.1) is 20.8 Å². The average Bonchev–Trinajstić information content (AvgIpc) is 3.20. The number of aromatic nitrogens is 1. The molecule has 1 aliphatic heterocycles. The quantitative estimate of drug-likeness (QED) is 0.427. The molecule has 0 radical (unpaired) electrons. The number of furan rings is 1. The van der Waals surface area contributed by atoms with Crippen LogP contribution >= 0.6 is 12.4 Å². The fourth-order valence-electron chi connectivity index (χ4n) is 4.12. The summed E-state index contributed by atoms with van der Waals surface area (Å²) in [6.07, 6.45) is 1.93. The summed E-state index contributed by atoms with van der Waals surface area (Å²) >= 11 is 0. The summed E-state index contributed by atoms with van der Waals surface area (Å²) in [5.41, 5.74) is 5.75. The molecule has 0 spiro atoms. The second-order valence-corrected chi connectivity index (χ2v) is 7.97. The van der Waals surface area contributed by atoms with Gasteiger partial charge >= 0.3 is 5.63 Å². The van der Waals surface area contributed by atoms with E-state index < -0.39 is 0 Å². The predicted octanol–water partition coefficient (Wildman–Crippen LogP) is 4.78. The highest BCUT2D eigenvalue weighted by Gasteiger charge is 2.19. The van der Waals surface area contributed by atoms with Crippen molar-refractivity contribution < 1.29 is 13.6 Å². The van der Waals surface area contributed by atoms with Gasteiger partial charge in [-0.2, -0.15) is 0 Å². The van der Waals surface area contributed by atoms with E-state index in [0.717, 1.165) is 77.2 Å². The van der Waals surface area contributed by atoms with Crippen LogP contribution in [0.3, 0.4) is 0 Å². The first-order chi connectivity index (χ1) is 14.5. The zero-order valence-corrected chi connectivity index (χ0v) is 18.7. The lowest BCUT2D eigenvalue weighted by atomic mass is 10.0. The van der Waals surface area contributed by atoms with E-state index in [1.807, 2.05) is 45.2 Å². The van der Waals surface area contributed by atoms with Gasteiger partial charge in [-0.15, -0.1) is 12.4 Å². The maximum Gasteiger partial charge on any atom is 0.336 e. The van der Waals surface area contributed by atoms with Gasteiger partial charge in [0.15, 0.2) is 5.58 Å². The molecule has 1 aliphatic rings. The fourth-order valence-corrected chi connectivity index (χ4v) is 4.12. The van der Waals surface area contributed by atoms with Crippen LogP contribution in [0.25, 0.3) is 33.3 Å². The molecule has 4 aromatic rings. The van der Waals surface area contributed by atoms with Gasteiger partial charge in [-0.05, 0) is 43.5 Å². The number of ether oxygens (including phenoxy) is 1. The second kappa shape index (κ2) is 8.46. The highest BCUT2D eigenvalue weighted by molar-refractivity contribution is 5.97. The molecule has 5 rings (SSSR count). The molecule has 3 aromatic heterocycles. The number of hydrogen-bond donors (Lipinski definition) is 0. The molecular formula is C24H25ClN2O4. The molecule has 7 heteroatoms. The normalized spacial score (nSPS) is 14.8. The second-order valence-electron chi connectivity index (χ2n) is 7.97. The van der Waals surface area contributed by atoms with E-state index in [-0.39, 0.29) is 18.0 Å². The summed E-state index contributed by atoms with van der Waals surface area (Å²) in [7, 11) is 0. The molecule has 1 fully saturated rings. The number of halogens is 1. The molecule has 0 bridgehead atoms. The van der Waals surface area contributed by atoms with Gasteiger partial charge in [0.25, 0.3) is 0 Å². The average molecular weight is 441 g/mol. The van der Waals surface area contributed by atoms with E-state index in [1.54, 1.807) is 0 Å². The van der Waals surface area contributed by atoms with E-state index in [4.69, 9.17) is 13.6 Å². The zero-order chi connectivity index (χ0) is 20.8. The Morgan fingerprint density at radius 1 is 1.00 bits per heavy atom. The van der Waals surface area contributed by atoms with E-state index in [1.165, 1.54) is 6.07 Å². The molecule has 0 N–H and O–H groups in total. The molecule has 162 valence electrons. The Labute approximate surface area is 186 Å². The lowest BCUT2D eigenvalue weighted by Gasteiger charge is -2.26. The van der Waals surface area contributed by atoms with Crippen LogP contribution in [0.5, 0.6) is 0 Å². The van der Waals surface area contributed by atoms with Crippen molar-refractivity contribution in [2.75, 3.05) is 26.3 Å². The number of fused-ring (bicyclic) bond motifs is 2. The summed E-state index contributed by atoms with van der Waals surface area (Å²) in [6.45, 7) is 10.0. The summed E-state index contributed by atoms with van der Waals surface area (Å²) in [6, 6.07) is 7.58. The Morgan fingerprint density at radius 2 is 1.77 bits per heavy atom. The van der Waals surface area contributed by atoms with Crippen molar-refractivity contribution in [2.45, 2.75) is 27.3 Å². The maximum absolute atomic E-state index is 12.3. The van der Waals surface area contributed by atoms with Crippen LogP contribution in [-0.4, -0.2) is 36.2 Å². The van der Waals surface area contributed by atoms with Gasteiger partial charge in [-0.3, -0.25) is 9.88 Å². The van der Waals surface area contributed by atoms with E-state index in [2.05, 4.69) is 9.88 Å². The Kier molecular flexibility index (Phi) is 5.88. The van der Waals surface area contributed by atoms with E-state index in [0.29, 0.717) is 11.3 Å². The van der Waals surface area contributed by atoms with Gasteiger partial charge in [0, 0.05) is 48.2 Å². The van der Waals surface area contributed by atoms with Crippen LogP contribution in [0.15, 0.2) is 44.1 Å². The van der Waals surface area contributed by atoms with E-state index in [9.17, 15) is 4.79 Å². The largest absolute Gasteiger partial charge is 0.454 e. The number of nitrogens with zero attached hydrogens (tertiary/aromatic N) is 2. The number of rotatable bonds is 3. The van der Waals surface area contributed by atoms with Crippen molar-refractivity contribution in [2.24, 2.45) is 0 Å². The number of morpholine rings is 1. The topological polar surface area (TPSA) is 68.7 Å². The maximum atomic E-state index is 12.3. The van der Waals surface area contributed by atoms with E-state index >= 15 is 0 Å². The van der Waals surface area contributed by atoms with Gasteiger partial charge in [0.05, 0.1) is 18.9 Å². The fraction of sp³-hybridized carbons (Fsp3) is 0.333. The van der Waals surface area contributed by atoms with Crippen molar-refractivity contribution in [1.82, 2.24) is 9.88 Å². The van der Waals surface area contributed by atoms with Crippen LogP contribution in [0.1, 0.15) is 22.4 Å². The predicted molar refractivity (Wildman–Crippen MR) is 123 cm³/mol. The molecule has 31 heavy (non-hydrogen) atoms. The number of benzene rings is 1. The Balaban J connectivity index is 0.00000231. The molecular weight excluding hydrogens is 416 g/mol. The van der Waals surface area contributed by atoms with Crippen molar-refractivity contribution in [3.8, 4) is 11.3 Å². The molecule has 1 aromatic carbocycles. The van der Waals surface area contributed by atoms with Gasteiger partial charge in [0.1, 0.15) is 11.3 Å². The zero-order valence-electron chi connectivity index (χ0n) is 17.9. The lowest BCUT2D eigenvalue weighted by molar-refractivity contribution is 0.0343. The van der Waals surface area contributed by atoms with Crippen LogP contribution in [0.2, 0.25) is 0 Å². The number of hydrogen-bond acceptors (Lipinski definition) is 6. The molecule has 0 saturated carbocycles. The lowest BCUT2D eigenvalue weighted by Crippen LogP contribution is -2.35. The Morgan fingerprint density at radius 3 is 2.55 bits per heavy atom. The monoisotopic (exact) mass is 440 g/mol. The minimum atomic E-state index is -0.380. The summed E-state index contributed by atoms with van der Waals surface area (Å²) in [4.78, 5) is 19.2. The highest BCUT2D eigenvalue weighted by Crippen LogP contribution is 2.35. The molecule has 1 saturated heterocycles. The van der Waals surface area contributed by atoms with Crippen LogP contribution in [0.4, 0.5) is 0 Å². The Bertz CT molecular complexity index is 1320. The number of aryl methyl sites for hydroxylation is 3. The van der Waals surface area contributed by atoms with Crippen molar-refractivity contribution in [1.29, 1.82) is 0 Å². The molecule has 0 unspecified atom stereocenters. The van der Waals surface area contributed by atoms with Gasteiger partial charge in [0.2, 0.25) is 0 Å². The van der Waals surface area contributed by atoms with Crippen LogP contribution in [-0.2, 0) is 11.3 Å². The SMILES string of the molecule is Cc1ccc2c(-c3cc4c(CN5CCOCC5)cnc(C)c4o3)cc(=O)oc2c1C.Cl. The first-order valence-electron chi connectivity index (χ1n) is 10.2. The van der Waals surface area contributed by atoms with Gasteiger partial charge in [-0.25, -0.2) is 4.79 Å². The Hall–Kier alpha value is -2.67. The third kappa shape index (κ3) is 3.87. The molecule has 0 atom stereocenters. The highest BCUT2D eigenvalue weighted by atomic mass is 35.5. The third-order valence-electron chi connectivity index (χ3n) is 6.02. The van der Waals surface area contributed by atoms with Crippen molar-refractivity contribution >= 4 is 34.3 Å². The van der Waals surface area contributed by atoms with Crippen LogP contribution < -0.4 is 5.63 Å². The number of pyridine rings is 1. The summed E-state index contributed by atoms with van der Waals surface area (Å²) in [5.74, 6) is 0.658. The minimum absolute atomic E-state index is 0. The van der Waals surface area contributed by atoms with Crippen molar-refractivity contribution in [3.05, 3.63) is 63.3 Å². The van der Waals surface area contributed by atoms with Gasteiger partial charge < -0.3 is 13.6 Å².